The number of benzene rings is 7. The maximum absolute atomic E-state index is 5.51. The van der Waals surface area contributed by atoms with Gasteiger partial charge in [0.1, 0.15) is 5.82 Å². The summed E-state index contributed by atoms with van der Waals surface area (Å²) in [6, 6.07) is 62.3. The molecule has 0 spiro atoms. The Morgan fingerprint density at radius 3 is 1.33 bits per heavy atom. The standard InChI is InChI=1S/C46H29N5/c1-3-15-30(16-4-1)38-29-43(48-46(47-38)50-40-24-12-7-19-32(40)33-20-8-13-25-41(33)50)51-42-26-14-10-22-35(42)37-28-27-36-34-21-9-11-23-39(34)49(44(36)45(37)51)31-17-5-2-6-18-31/h1-29H. The highest BCUT2D eigenvalue weighted by Crippen LogP contribution is 2.42. The summed E-state index contributed by atoms with van der Waals surface area (Å²) in [5, 5.41) is 7.12. The van der Waals surface area contributed by atoms with Crippen molar-refractivity contribution in [3.63, 3.8) is 0 Å². The highest BCUT2D eigenvalue weighted by molar-refractivity contribution is 6.23. The van der Waals surface area contributed by atoms with Crippen molar-refractivity contribution in [2.75, 3.05) is 0 Å². The molecule has 0 N–H and O–H groups in total. The van der Waals surface area contributed by atoms with Crippen molar-refractivity contribution in [2.24, 2.45) is 0 Å². The molecule has 0 saturated carbocycles. The molecule has 4 heterocycles. The maximum Gasteiger partial charge on any atom is 0.237 e. The quantitative estimate of drug-likeness (QED) is 0.190. The first-order valence-electron chi connectivity index (χ1n) is 17.3. The van der Waals surface area contributed by atoms with Crippen LogP contribution in [0.3, 0.4) is 0 Å². The van der Waals surface area contributed by atoms with Crippen LogP contribution in [0.4, 0.5) is 0 Å². The third-order valence-corrected chi connectivity index (χ3v) is 10.3. The fourth-order valence-corrected chi connectivity index (χ4v) is 8.12. The monoisotopic (exact) mass is 651 g/mol. The van der Waals surface area contributed by atoms with E-state index in [0.29, 0.717) is 5.95 Å². The molecule has 0 aliphatic rings. The fourth-order valence-electron chi connectivity index (χ4n) is 8.12. The van der Waals surface area contributed by atoms with Gasteiger partial charge in [-0.3, -0.25) is 9.13 Å². The first-order chi connectivity index (χ1) is 25.3. The summed E-state index contributed by atoms with van der Waals surface area (Å²) in [5.74, 6) is 1.44. The summed E-state index contributed by atoms with van der Waals surface area (Å²) in [6.07, 6.45) is 0. The Balaban J connectivity index is 1.33. The molecule has 0 saturated heterocycles. The molecule has 11 rings (SSSR count). The van der Waals surface area contributed by atoms with Crippen molar-refractivity contribution >= 4 is 65.4 Å². The second-order valence-electron chi connectivity index (χ2n) is 13.0. The van der Waals surface area contributed by atoms with Crippen LogP contribution in [0.2, 0.25) is 0 Å². The molecule has 51 heavy (non-hydrogen) atoms. The molecule has 0 unspecified atom stereocenters. The van der Waals surface area contributed by atoms with Crippen LogP contribution in [-0.4, -0.2) is 23.7 Å². The van der Waals surface area contributed by atoms with Crippen molar-refractivity contribution in [2.45, 2.75) is 0 Å². The van der Waals surface area contributed by atoms with E-state index in [-0.39, 0.29) is 0 Å². The van der Waals surface area contributed by atoms with Gasteiger partial charge in [0.05, 0.1) is 38.8 Å². The van der Waals surface area contributed by atoms with Crippen LogP contribution in [0.5, 0.6) is 0 Å². The average Bonchev–Trinajstić information content (AvgIpc) is 3.84. The molecule has 0 aliphatic heterocycles. The third kappa shape index (κ3) is 4.03. The van der Waals surface area contributed by atoms with E-state index in [1.54, 1.807) is 0 Å². The van der Waals surface area contributed by atoms with Crippen molar-refractivity contribution in [3.05, 3.63) is 176 Å². The molecule has 5 heteroatoms. The molecule has 7 aromatic carbocycles. The van der Waals surface area contributed by atoms with E-state index in [0.717, 1.165) is 50.3 Å². The summed E-state index contributed by atoms with van der Waals surface area (Å²) in [7, 11) is 0. The Kier molecular flexibility index (Phi) is 5.89. The molecule has 11 aromatic rings. The summed E-state index contributed by atoms with van der Waals surface area (Å²) >= 11 is 0. The van der Waals surface area contributed by atoms with E-state index in [1.165, 1.54) is 37.8 Å². The van der Waals surface area contributed by atoms with Gasteiger partial charge in [0.15, 0.2) is 0 Å². The molecule has 0 fully saturated rings. The van der Waals surface area contributed by atoms with Crippen LogP contribution in [-0.2, 0) is 0 Å². The number of rotatable bonds is 4. The number of hydrogen-bond donors (Lipinski definition) is 0. The topological polar surface area (TPSA) is 40.6 Å². The van der Waals surface area contributed by atoms with Gasteiger partial charge < -0.3 is 4.57 Å². The van der Waals surface area contributed by atoms with Crippen LogP contribution in [0.25, 0.3) is 94.1 Å². The van der Waals surface area contributed by atoms with Gasteiger partial charge in [-0.25, -0.2) is 4.98 Å². The number of fused-ring (bicyclic) bond motifs is 10. The van der Waals surface area contributed by atoms with Crippen molar-refractivity contribution in [3.8, 4) is 28.7 Å². The zero-order chi connectivity index (χ0) is 33.5. The van der Waals surface area contributed by atoms with Crippen molar-refractivity contribution in [1.29, 1.82) is 0 Å². The molecule has 0 aliphatic carbocycles. The van der Waals surface area contributed by atoms with E-state index in [9.17, 15) is 0 Å². The second kappa shape index (κ2) is 10.8. The first kappa shape index (κ1) is 27.9. The Morgan fingerprint density at radius 2 is 0.765 bits per heavy atom. The molecule has 238 valence electrons. The molecule has 0 amide bonds. The number of nitrogens with zero attached hydrogens (tertiary/aromatic N) is 5. The summed E-state index contributed by atoms with van der Waals surface area (Å²) in [5.41, 5.74) is 9.68. The van der Waals surface area contributed by atoms with Crippen LogP contribution in [0.15, 0.2) is 176 Å². The predicted molar refractivity (Wildman–Crippen MR) is 210 cm³/mol. The van der Waals surface area contributed by atoms with Crippen molar-refractivity contribution in [1.82, 2.24) is 23.7 Å². The molecule has 0 bridgehead atoms. The minimum absolute atomic E-state index is 0.630. The van der Waals surface area contributed by atoms with Gasteiger partial charge in [0.25, 0.3) is 0 Å². The fraction of sp³-hybridized carbons (Fsp3) is 0. The van der Waals surface area contributed by atoms with Gasteiger partial charge in [0, 0.05) is 49.6 Å². The van der Waals surface area contributed by atoms with Crippen LogP contribution in [0.1, 0.15) is 0 Å². The molecule has 0 atom stereocenters. The van der Waals surface area contributed by atoms with Gasteiger partial charge in [-0.2, -0.15) is 4.98 Å². The molecular weight excluding hydrogens is 623 g/mol. The number of hydrogen-bond acceptors (Lipinski definition) is 2. The highest BCUT2D eigenvalue weighted by atomic mass is 15.2. The van der Waals surface area contributed by atoms with Gasteiger partial charge in [-0.15, -0.1) is 0 Å². The van der Waals surface area contributed by atoms with E-state index < -0.39 is 0 Å². The smallest absolute Gasteiger partial charge is 0.237 e. The second-order valence-corrected chi connectivity index (χ2v) is 13.0. The molecule has 5 nitrogen and oxygen atoms in total. The van der Waals surface area contributed by atoms with Crippen LogP contribution in [0, 0.1) is 0 Å². The highest BCUT2D eigenvalue weighted by Gasteiger charge is 2.23. The lowest BCUT2D eigenvalue weighted by Gasteiger charge is -2.15. The molecular formula is C46H29N5. The third-order valence-electron chi connectivity index (χ3n) is 10.3. The lowest BCUT2D eigenvalue weighted by Crippen LogP contribution is -2.08. The SMILES string of the molecule is c1ccc(-c2cc(-n3c4ccccc4c4ccc5c6ccccc6n(-c6ccccc6)c5c43)nc(-n3c4ccccc4c4ccccc43)n2)cc1. The Hall–Kier alpha value is -6.98. The zero-order valence-electron chi connectivity index (χ0n) is 27.5. The lowest BCUT2D eigenvalue weighted by molar-refractivity contribution is 0.952. The lowest BCUT2D eigenvalue weighted by atomic mass is 10.1. The van der Waals surface area contributed by atoms with Crippen LogP contribution < -0.4 is 0 Å². The van der Waals surface area contributed by atoms with Gasteiger partial charge in [-0.1, -0.05) is 133 Å². The number of aromatic nitrogens is 5. The minimum atomic E-state index is 0.630. The normalized spacial score (nSPS) is 11.9. The van der Waals surface area contributed by atoms with E-state index in [2.05, 4.69) is 184 Å². The minimum Gasteiger partial charge on any atom is -0.307 e. The van der Waals surface area contributed by atoms with E-state index in [1.807, 2.05) is 6.07 Å². The molecule has 4 aromatic heterocycles. The van der Waals surface area contributed by atoms with E-state index >= 15 is 0 Å². The number of para-hydroxylation sites is 5. The Morgan fingerprint density at radius 1 is 0.333 bits per heavy atom. The van der Waals surface area contributed by atoms with Gasteiger partial charge in [-0.05, 0) is 36.4 Å². The molecule has 0 radical (unpaired) electrons. The van der Waals surface area contributed by atoms with Crippen LogP contribution >= 0.6 is 0 Å². The Bertz CT molecular complexity index is 3080. The average molecular weight is 652 g/mol. The van der Waals surface area contributed by atoms with Gasteiger partial charge in [0.2, 0.25) is 5.95 Å². The zero-order valence-corrected chi connectivity index (χ0v) is 27.5. The Labute approximate surface area is 292 Å². The van der Waals surface area contributed by atoms with Crippen molar-refractivity contribution < 1.29 is 0 Å². The van der Waals surface area contributed by atoms with E-state index in [4.69, 9.17) is 9.97 Å². The van der Waals surface area contributed by atoms with Gasteiger partial charge >= 0.3 is 0 Å². The first-order valence-corrected chi connectivity index (χ1v) is 17.3. The summed E-state index contributed by atoms with van der Waals surface area (Å²) in [6.45, 7) is 0. The maximum atomic E-state index is 5.51. The largest absolute Gasteiger partial charge is 0.307 e. The predicted octanol–water partition coefficient (Wildman–Crippen LogP) is 11.4. The summed E-state index contributed by atoms with van der Waals surface area (Å²) in [4.78, 5) is 10.8. The summed E-state index contributed by atoms with van der Waals surface area (Å²) < 4.78 is 6.98.